The lowest BCUT2D eigenvalue weighted by molar-refractivity contribution is -0.149. The first-order valence-electron chi connectivity index (χ1n) is 8.75. The molecule has 0 saturated carbocycles. The maximum absolute atomic E-state index is 12.2. The number of hydrogen-bond donors (Lipinski definition) is 3. The summed E-state index contributed by atoms with van der Waals surface area (Å²) in [4.78, 5) is 35.5. The van der Waals surface area contributed by atoms with Gasteiger partial charge in [-0.25, -0.2) is 4.79 Å². The summed E-state index contributed by atoms with van der Waals surface area (Å²) >= 11 is 0. The van der Waals surface area contributed by atoms with Crippen molar-refractivity contribution in [3.8, 4) is 0 Å². The van der Waals surface area contributed by atoms with Crippen LogP contribution in [0.5, 0.6) is 0 Å². The number of Topliss-reactive ketones (excluding diaryl/α,β-unsaturated/α-hetero) is 1. The van der Waals surface area contributed by atoms with Crippen LogP contribution in [0.2, 0.25) is 0 Å². The van der Waals surface area contributed by atoms with Gasteiger partial charge in [-0.05, 0) is 18.9 Å². The zero-order valence-electron chi connectivity index (χ0n) is 15.7. The summed E-state index contributed by atoms with van der Waals surface area (Å²) in [5.74, 6) is -1.51. The van der Waals surface area contributed by atoms with Crippen LogP contribution in [0.1, 0.15) is 25.3 Å². The molecule has 0 fully saturated rings. The summed E-state index contributed by atoms with van der Waals surface area (Å²) in [6.07, 6.45) is -0.00874. The van der Waals surface area contributed by atoms with Crippen LogP contribution in [0.3, 0.4) is 0 Å². The van der Waals surface area contributed by atoms with Gasteiger partial charge in [-0.3, -0.25) is 9.59 Å². The van der Waals surface area contributed by atoms with Gasteiger partial charge >= 0.3 is 5.97 Å². The molecule has 148 valence electrons. The van der Waals surface area contributed by atoms with Crippen molar-refractivity contribution in [2.75, 3.05) is 20.3 Å². The van der Waals surface area contributed by atoms with Crippen molar-refractivity contribution in [3.63, 3.8) is 0 Å². The van der Waals surface area contributed by atoms with Crippen LogP contribution in [-0.2, 0) is 30.4 Å². The molecule has 2 atom stereocenters. The number of ketones is 1. The molecule has 8 heteroatoms. The Hall–Kier alpha value is -2.58. The topological polar surface area (TPSA) is 118 Å². The fourth-order valence-corrected chi connectivity index (χ4v) is 2.16. The van der Waals surface area contributed by atoms with Crippen LogP contribution in [0.25, 0.3) is 0 Å². The average Bonchev–Trinajstić information content (AvgIpc) is 2.70. The number of esters is 1. The lowest BCUT2D eigenvalue weighted by Gasteiger charge is -2.19. The third kappa shape index (κ3) is 9.07. The van der Waals surface area contributed by atoms with Crippen LogP contribution in [0.4, 0.5) is 0 Å². The van der Waals surface area contributed by atoms with Gasteiger partial charge < -0.3 is 25.5 Å². The lowest BCUT2D eigenvalue weighted by Crippen LogP contribution is -2.46. The van der Waals surface area contributed by atoms with Crippen molar-refractivity contribution in [1.82, 2.24) is 10.6 Å². The highest BCUT2D eigenvalue weighted by Crippen LogP contribution is 2.03. The molecular weight excluding hydrogens is 350 g/mol. The Labute approximate surface area is 159 Å². The van der Waals surface area contributed by atoms with E-state index in [2.05, 4.69) is 10.6 Å². The Morgan fingerprint density at radius 1 is 1.22 bits per heavy atom. The second-order valence-corrected chi connectivity index (χ2v) is 5.92. The molecule has 0 saturated heterocycles. The van der Waals surface area contributed by atoms with Crippen molar-refractivity contribution in [2.45, 2.75) is 38.5 Å². The minimum Gasteiger partial charge on any atom is -0.463 e. The molecule has 0 spiro atoms. The highest BCUT2D eigenvalue weighted by molar-refractivity contribution is 6.26. The quantitative estimate of drug-likeness (QED) is 0.266. The zero-order chi connectivity index (χ0) is 20.1. The number of amides is 1. The van der Waals surface area contributed by atoms with Crippen LogP contribution in [0.15, 0.2) is 30.3 Å². The molecule has 1 amide bonds. The third-order valence-electron chi connectivity index (χ3n) is 3.86. The number of methoxy groups -OCH3 is 1. The van der Waals surface area contributed by atoms with E-state index in [4.69, 9.17) is 14.9 Å². The molecule has 8 nitrogen and oxygen atoms in total. The average molecular weight is 377 g/mol. The van der Waals surface area contributed by atoms with E-state index in [-0.39, 0.29) is 19.4 Å². The SMILES string of the molecule is CO[C@H](C)C(=O)N[C@@H](CCC(=O)C=N)C(=O)OCCNCc1ccccc1. The van der Waals surface area contributed by atoms with Gasteiger partial charge in [0.25, 0.3) is 0 Å². The maximum Gasteiger partial charge on any atom is 0.328 e. The fourth-order valence-electron chi connectivity index (χ4n) is 2.16. The first-order chi connectivity index (χ1) is 13.0. The number of carbonyl (C=O) groups excluding carboxylic acids is 3. The molecule has 0 aromatic heterocycles. The van der Waals surface area contributed by atoms with Crippen LogP contribution in [0, 0.1) is 5.41 Å². The largest absolute Gasteiger partial charge is 0.463 e. The van der Waals surface area contributed by atoms with Crippen molar-refractivity contribution >= 4 is 23.9 Å². The Balaban J connectivity index is 2.44. The van der Waals surface area contributed by atoms with Crippen molar-refractivity contribution in [1.29, 1.82) is 5.41 Å². The standard InChI is InChI=1S/C19H27N3O5/c1-14(26-2)18(24)22-17(9-8-16(23)12-20)19(25)27-11-10-21-13-15-6-4-3-5-7-15/h3-7,12,14,17,20-21H,8-11,13H2,1-2H3,(H,22,24)/t14-,17+/m1/s1. The maximum atomic E-state index is 12.2. The molecule has 0 unspecified atom stereocenters. The van der Waals surface area contributed by atoms with Gasteiger partial charge in [0.05, 0.1) is 6.21 Å². The molecule has 0 aliphatic heterocycles. The van der Waals surface area contributed by atoms with Crippen molar-refractivity contribution < 1.29 is 23.9 Å². The van der Waals surface area contributed by atoms with E-state index >= 15 is 0 Å². The summed E-state index contributed by atoms with van der Waals surface area (Å²) in [5.41, 5.74) is 1.12. The van der Waals surface area contributed by atoms with E-state index in [1.54, 1.807) is 6.92 Å². The minimum absolute atomic E-state index is 0.0306. The first kappa shape index (κ1) is 22.5. The van der Waals surface area contributed by atoms with Gasteiger partial charge in [-0.1, -0.05) is 30.3 Å². The number of benzene rings is 1. The summed E-state index contributed by atoms with van der Waals surface area (Å²) in [7, 11) is 1.38. The number of ether oxygens (including phenoxy) is 2. The highest BCUT2D eigenvalue weighted by atomic mass is 16.5. The molecule has 1 aromatic rings. The molecule has 3 N–H and O–H groups in total. The molecule has 1 rings (SSSR count). The Kier molecular flexibility index (Phi) is 10.6. The predicted molar refractivity (Wildman–Crippen MR) is 101 cm³/mol. The first-order valence-corrected chi connectivity index (χ1v) is 8.75. The number of rotatable bonds is 13. The van der Waals surface area contributed by atoms with E-state index in [1.807, 2.05) is 30.3 Å². The Morgan fingerprint density at radius 2 is 1.93 bits per heavy atom. The van der Waals surface area contributed by atoms with Gasteiger partial charge in [-0.15, -0.1) is 0 Å². The molecule has 0 aliphatic carbocycles. The van der Waals surface area contributed by atoms with Crippen molar-refractivity contribution in [2.24, 2.45) is 0 Å². The zero-order valence-corrected chi connectivity index (χ0v) is 15.7. The summed E-state index contributed by atoms with van der Waals surface area (Å²) in [5, 5.41) is 12.6. The van der Waals surface area contributed by atoms with E-state index in [1.165, 1.54) is 7.11 Å². The van der Waals surface area contributed by atoms with Crippen LogP contribution in [-0.4, -0.2) is 56.3 Å². The monoisotopic (exact) mass is 377 g/mol. The molecule has 27 heavy (non-hydrogen) atoms. The van der Waals surface area contributed by atoms with E-state index < -0.39 is 29.8 Å². The highest BCUT2D eigenvalue weighted by Gasteiger charge is 2.25. The molecule has 1 aromatic carbocycles. The van der Waals surface area contributed by atoms with E-state index in [9.17, 15) is 14.4 Å². The lowest BCUT2D eigenvalue weighted by atomic mass is 10.1. The van der Waals surface area contributed by atoms with Gasteiger partial charge in [0.2, 0.25) is 5.91 Å². The number of hydrogen-bond acceptors (Lipinski definition) is 7. The molecule has 0 aliphatic rings. The second kappa shape index (κ2) is 12.7. The molecule has 0 bridgehead atoms. The van der Waals surface area contributed by atoms with E-state index in [0.717, 1.165) is 5.56 Å². The normalized spacial score (nSPS) is 12.7. The molecule has 0 radical (unpaired) electrons. The number of carbonyl (C=O) groups is 3. The van der Waals surface area contributed by atoms with Gasteiger partial charge in [0.15, 0.2) is 5.78 Å². The minimum atomic E-state index is -0.965. The van der Waals surface area contributed by atoms with Gasteiger partial charge in [0, 0.05) is 26.6 Å². The van der Waals surface area contributed by atoms with Crippen molar-refractivity contribution in [3.05, 3.63) is 35.9 Å². The fraction of sp³-hybridized carbons (Fsp3) is 0.474. The summed E-state index contributed by atoms with van der Waals surface area (Å²) in [6, 6.07) is 8.84. The van der Waals surface area contributed by atoms with E-state index in [0.29, 0.717) is 19.3 Å². The molecule has 0 heterocycles. The summed E-state index contributed by atoms with van der Waals surface area (Å²) < 4.78 is 10.1. The van der Waals surface area contributed by atoms with Gasteiger partial charge in [-0.2, -0.15) is 0 Å². The Bertz CT molecular complexity index is 621. The van der Waals surface area contributed by atoms with Gasteiger partial charge in [0.1, 0.15) is 18.8 Å². The summed E-state index contributed by atoms with van der Waals surface area (Å²) in [6.45, 7) is 2.79. The predicted octanol–water partition coefficient (Wildman–Crippen LogP) is 0.838. The molecular formula is C19H27N3O5. The third-order valence-corrected chi connectivity index (χ3v) is 3.86. The van der Waals surface area contributed by atoms with Crippen LogP contribution < -0.4 is 10.6 Å². The Morgan fingerprint density at radius 3 is 2.56 bits per heavy atom. The number of nitrogens with one attached hydrogen (secondary N) is 3. The smallest absolute Gasteiger partial charge is 0.328 e. The second-order valence-electron chi connectivity index (χ2n) is 5.92. The van der Waals surface area contributed by atoms with Crippen LogP contribution >= 0.6 is 0 Å².